The van der Waals surface area contributed by atoms with Crippen LogP contribution < -0.4 is 15.0 Å². The van der Waals surface area contributed by atoms with E-state index >= 15 is 0 Å². The van der Waals surface area contributed by atoms with Gasteiger partial charge in [0.2, 0.25) is 0 Å². The topological polar surface area (TPSA) is 96.8 Å². The SMILES string of the molecule is Cc1nc(NCc2cccnc2)c(-c2ccc(OCCc3ccc(F)cc3)cc2)c(N2CCC(C)(C)CC2)c1C(OC(C)(C)C)C(=O)O. The molecule has 2 N–H and O–H groups in total. The number of anilines is 2. The van der Waals surface area contributed by atoms with Crippen LogP contribution in [0.3, 0.4) is 0 Å². The maximum Gasteiger partial charge on any atom is 0.337 e. The number of carboxylic acids is 1. The molecule has 9 heteroatoms. The highest BCUT2D eigenvalue weighted by molar-refractivity contribution is 5.92. The zero-order valence-corrected chi connectivity index (χ0v) is 28.8. The highest BCUT2D eigenvalue weighted by Crippen LogP contribution is 2.46. The zero-order valence-electron chi connectivity index (χ0n) is 28.8. The molecule has 1 atom stereocenters. The Labute approximate surface area is 283 Å². The first-order valence-corrected chi connectivity index (χ1v) is 16.6. The quantitative estimate of drug-likeness (QED) is 0.157. The molecule has 48 heavy (non-hydrogen) atoms. The van der Waals surface area contributed by atoms with E-state index in [0.717, 1.165) is 53.9 Å². The second kappa shape index (κ2) is 14.7. The van der Waals surface area contributed by atoms with Gasteiger partial charge in [-0.1, -0.05) is 44.2 Å². The smallest absolute Gasteiger partial charge is 0.337 e. The molecule has 1 aliphatic rings. The Balaban J connectivity index is 1.59. The molecular formula is C39H47FN4O4. The lowest BCUT2D eigenvalue weighted by atomic mass is 9.82. The molecule has 1 saturated heterocycles. The summed E-state index contributed by atoms with van der Waals surface area (Å²) in [6.45, 7) is 14.5. The second-order valence-electron chi connectivity index (χ2n) is 14.2. The van der Waals surface area contributed by atoms with E-state index in [4.69, 9.17) is 14.5 Å². The summed E-state index contributed by atoms with van der Waals surface area (Å²) in [5.74, 6) is 0.0440. The van der Waals surface area contributed by atoms with Crippen molar-refractivity contribution in [3.8, 4) is 16.9 Å². The van der Waals surface area contributed by atoms with Crippen LogP contribution in [-0.2, 0) is 22.5 Å². The van der Waals surface area contributed by atoms with Crippen molar-refractivity contribution in [3.05, 3.63) is 101 Å². The number of hydrogen-bond acceptors (Lipinski definition) is 7. The lowest BCUT2D eigenvalue weighted by molar-refractivity contribution is -0.160. The van der Waals surface area contributed by atoms with Gasteiger partial charge in [0.05, 0.1) is 17.9 Å². The number of aromatic nitrogens is 2. The molecule has 8 nitrogen and oxygen atoms in total. The summed E-state index contributed by atoms with van der Waals surface area (Å²) in [5, 5.41) is 14.1. The van der Waals surface area contributed by atoms with Gasteiger partial charge in [0, 0.05) is 55.3 Å². The number of carbonyl (C=O) groups is 1. The molecule has 4 aromatic rings. The van der Waals surface area contributed by atoms with Gasteiger partial charge >= 0.3 is 5.97 Å². The fraction of sp³-hybridized carbons (Fsp3) is 0.410. The van der Waals surface area contributed by atoms with Crippen LogP contribution in [0, 0.1) is 18.2 Å². The van der Waals surface area contributed by atoms with Gasteiger partial charge in [-0.25, -0.2) is 14.2 Å². The highest BCUT2D eigenvalue weighted by atomic mass is 19.1. The normalized spacial score (nSPS) is 15.2. The summed E-state index contributed by atoms with van der Waals surface area (Å²) in [5.41, 5.74) is 5.16. The number of aryl methyl sites for hydroxylation is 1. The van der Waals surface area contributed by atoms with Gasteiger partial charge in [0.25, 0.3) is 0 Å². The lowest BCUT2D eigenvalue weighted by Crippen LogP contribution is -2.39. The summed E-state index contributed by atoms with van der Waals surface area (Å²) < 4.78 is 25.6. The Hall–Kier alpha value is -4.50. The van der Waals surface area contributed by atoms with Crippen LogP contribution in [0.2, 0.25) is 0 Å². The summed E-state index contributed by atoms with van der Waals surface area (Å²) >= 11 is 0. The fourth-order valence-corrected chi connectivity index (χ4v) is 6.01. The van der Waals surface area contributed by atoms with Crippen LogP contribution in [0.5, 0.6) is 5.75 Å². The third-order valence-electron chi connectivity index (χ3n) is 8.69. The van der Waals surface area contributed by atoms with E-state index < -0.39 is 17.7 Å². The molecule has 2 aromatic carbocycles. The van der Waals surface area contributed by atoms with Crippen molar-refractivity contribution in [2.24, 2.45) is 5.41 Å². The molecule has 1 unspecified atom stereocenters. The van der Waals surface area contributed by atoms with E-state index in [0.29, 0.717) is 42.4 Å². The number of nitrogens with one attached hydrogen (secondary N) is 1. The second-order valence-corrected chi connectivity index (χ2v) is 14.2. The van der Waals surface area contributed by atoms with E-state index in [2.05, 4.69) is 29.0 Å². The van der Waals surface area contributed by atoms with Gasteiger partial charge in [-0.05, 0) is 93.0 Å². The Bertz CT molecular complexity index is 1680. The van der Waals surface area contributed by atoms with Crippen LogP contribution in [0.25, 0.3) is 11.1 Å². The number of rotatable bonds is 12. The van der Waals surface area contributed by atoms with Gasteiger partial charge in [-0.2, -0.15) is 0 Å². The van der Waals surface area contributed by atoms with E-state index in [1.54, 1.807) is 18.3 Å². The average molecular weight is 655 g/mol. The van der Waals surface area contributed by atoms with Crippen molar-refractivity contribution < 1.29 is 23.8 Å². The van der Waals surface area contributed by atoms with E-state index in [1.807, 2.05) is 70.3 Å². The van der Waals surface area contributed by atoms with Crippen LogP contribution >= 0.6 is 0 Å². The van der Waals surface area contributed by atoms with Crippen LogP contribution in [0.4, 0.5) is 15.9 Å². The summed E-state index contributed by atoms with van der Waals surface area (Å²) in [6, 6.07) is 18.2. The monoisotopic (exact) mass is 654 g/mol. The number of hydrogen-bond donors (Lipinski definition) is 2. The molecule has 5 rings (SSSR count). The highest BCUT2D eigenvalue weighted by Gasteiger charge is 2.37. The van der Waals surface area contributed by atoms with Crippen molar-refractivity contribution in [2.75, 3.05) is 29.9 Å². The molecule has 0 radical (unpaired) electrons. The molecule has 2 aromatic heterocycles. The zero-order chi connectivity index (χ0) is 34.5. The molecule has 1 fully saturated rings. The maximum atomic E-state index is 13.3. The van der Waals surface area contributed by atoms with E-state index in [9.17, 15) is 14.3 Å². The molecular weight excluding hydrogens is 607 g/mol. The summed E-state index contributed by atoms with van der Waals surface area (Å²) in [4.78, 5) is 24.6. The number of benzene rings is 2. The van der Waals surface area contributed by atoms with Crippen molar-refractivity contribution >= 4 is 17.5 Å². The number of piperidine rings is 1. The fourth-order valence-electron chi connectivity index (χ4n) is 6.01. The summed E-state index contributed by atoms with van der Waals surface area (Å²) in [7, 11) is 0. The standard InChI is InChI=1S/C39H47FN4O4/c1-26-32(35(37(45)46)48-38(2,3)4)34(44-21-18-39(5,6)19-22-44)33(36(43-26)42-25-28-8-7-20-41-24-28)29-11-15-31(16-12-29)47-23-17-27-9-13-30(40)14-10-27/h7-16,20,24,35H,17-19,21-23,25H2,1-6H3,(H,42,43)(H,45,46). The molecule has 0 amide bonds. The van der Waals surface area contributed by atoms with Gasteiger partial charge in [0.1, 0.15) is 17.4 Å². The predicted molar refractivity (Wildman–Crippen MR) is 188 cm³/mol. The maximum absolute atomic E-state index is 13.3. The predicted octanol–water partition coefficient (Wildman–Crippen LogP) is 8.39. The Morgan fingerprint density at radius 3 is 2.33 bits per heavy atom. The number of carboxylic acid groups (broad SMARTS) is 1. The first-order valence-electron chi connectivity index (χ1n) is 16.6. The number of halogens is 1. The number of pyridine rings is 2. The van der Waals surface area contributed by atoms with Crippen molar-refractivity contribution in [3.63, 3.8) is 0 Å². The first kappa shape index (κ1) is 34.8. The number of ether oxygens (including phenoxy) is 2. The minimum absolute atomic E-state index is 0.182. The number of nitrogens with zero attached hydrogens (tertiary/aromatic N) is 3. The molecule has 1 aliphatic heterocycles. The Morgan fingerprint density at radius 1 is 1.04 bits per heavy atom. The van der Waals surface area contributed by atoms with Crippen molar-refractivity contribution in [1.82, 2.24) is 9.97 Å². The van der Waals surface area contributed by atoms with Crippen molar-refractivity contribution in [1.29, 1.82) is 0 Å². The number of aliphatic carboxylic acids is 1. The van der Waals surface area contributed by atoms with Crippen LogP contribution in [0.15, 0.2) is 73.1 Å². The molecule has 0 spiro atoms. The lowest BCUT2D eigenvalue weighted by Gasteiger charge is -2.41. The van der Waals surface area contributed by atoms with Crippen LogP contribution in [0.1, 0.15) is 75.9 Å². The van der Waals surface area contributed by atoms with Gasteiger partial charge < -0.3 is 24.8 Å². The molecule has 0 saturated carbocycles. The molecule has 254 valence electrons. The third-order valence-corrected chi connectivity index (χ3v) is 8.69. The third kappa shape index (κ3) is 8.89. The van der Waals surface area contributed by atoms with Crippen LogP contribution in [-0.4, -0.2) is 46.3 Å². The minimum atomic E-state index is -1.22. The molecule has 0 bridgehead atoms. The molecule has 3 heterocycles. The Morgan fingerprint density at radius 2 is 1.73 bits per heavy atom. The van der Waals surface area contributed by atoms with Gasteiger partial charge in [0.15, 0.2) is 6.10 Å². The average Bonchev–Trinajstić information content (AvgIpc) is 3.04. The van der Waals surface area contributed by atoms with Gasteiger partial charge in [-0.3, -0.25) is 4.98 Å². The largest absolute Gasteiger partial charge is 0.493 e. The summed E-state index contributed by atoms with van der Waals surface area (Å²) in [6.07, 6.45) is 4.91. The Kier molecular flexibility index (Phi) is 10.7. The minimum Gasteiger partial charge on any atom is -0.493 e. The van der Waals surface area contributed by atoms with Gasteiger partial charge in [-0.15, -0.1) is 0 Å². The molecule has 0 aliphatic carbocycles. The van der Waals surface area contributed by atoms with E-state index in [-0.39, 0.29) is 11.2 Å². The first-order chi connectivity index (χ1) is 22.8. The van der Waals surface area contributed by atoms with E-state index in [1.165, 1.54) is 12.1 Å². The van der Waals surface area contributed by atoms with Crippen molar-refractivity contribution in [2.45, 2.75) is 79.1 Å².